The summed E-state index contributed by atoms with van der Waals surface area (Å²) in [5.41, 5.74) is 7.60. The Balaban J connectivity index is 1.02. The fraction of sp³-hybridized carbons (Fsp3) is 0.571. The van der Waals surface area contributed by atoms with E-state index in [0.29, 0.717) is 43.9 Å². The average Bonchev–Trinajstić information content (AvgIpc) is 3.46. The Morgan fingerprint density at radius 3 is 2.51 bits per heavy atom. The number of aryl methyl sites for hydroxylation is 1. The van der Waals surface area contributed by atoms with Crippen LogP contribution in [0, 0.1) is 24.5 Å². The standard InChI is InChI=1S/C42H55F2N4O8P/c1-3-54-38-22-37(32-17-11-13-27(2)39(32)47-38)55-31-21-29(25-49)48(24-31)40(50)36(46-41(51)56-30-15-9-10-16-30)20-8-6-4-5-7-14-28-23-42(28,45)57(52,53)26-33-34(43)18-12-19-35(33)44/h11-13,17-19,22,25,28-31,36H,3-10,14-16,20-21,23-24,26,45H2,1-2H3,(H,46,51)(H,52,53)/t28-,29+,31?,36+,42+/m1/s1. The van der Waals surface area contributed by atoms with Gasteiger partial charge in [0.25, 0.3) is 0 Å². The number of ether oxygens (including phenoxy) is 3. The maximum absolute atomic E-state index is 14.2. The van der Waals surface area contributed by atoms with Gasteiger partial charge in [0, 0.05) is 23.4 Å². The SMILES string of the molecule is CCOc1cc(OC2C[C@@H](C=O)N(C(=O)[C@H](CCCCCCC[C@@H]3C[C@]3(N)P(=O)(O)Cc3c(F)cccc3F)NC(=O)OC3CCCC3)C2)c2cccc(C)c2n1. The Morgan fingerprint density at radius 1 is 1.09 bits per heavy atom. The molecular formula is C42H55F2N4O8P. The van der Waals surface area contributed by atoms with Gasteiger partial charge in [0.1, 0.15) is 41.9 Å². The van der Waals surface area contributed by atoms with E-state index < -0.39 is 60.3 Å². The van der Waals surface area contributed by atoms with Gasteiger partial charge in [-0.15, -0.1) is 0 Å². The monoisotopic (exact) mass is 812 g/mol. The highest BCUT2D eigenvalue weighted by molar-refractivity contribution is 7.59. The molecule has 3 fully saturated rings. The molecule has 1 aromatic heterocycles. The third-order valence-electron chi connectivity index (χ3n) is 11.7. The number of carbonyl (C=O) groups excluding carboxylic acids is 3. The number of fused-ring (bicyclic) bond motifs is 1. The Kier molecular flexibility index (Phi) is 13.9. The number of halogens is 2. The van der Waals surface area contributed by atoms with Crippen LogP contribution in [-0.2, 0) is 25.1 Å². The lowest BCUT2D eigenvalue weighted by Gasteiger charge is -2.27. The molecule has 1 aliphatic heterocycles. The summed E-state index contributed by atoms with van der Waals surface area (Å²) in [6.45, 7) is 4.40. The Hall–Kier alpha value is -4.13. The minimum Gasteiger partial charge on any atom is -0.488 e. The molecular weight excluding hydrogens is 757 g/mol. The largest absolute Gasteiger partial charge is 0.488 e. The molecule has 2 heterocycles. The number of pyridine rings is 1. The second kappa shape index (κ2) is 18.6. The molecule has 57 heavy (non-hydrogen) atoms. The van der Waals surface area contributed by atoms with E-state index in [4.69, 9.17) is 19.9 Å². The number of aldehydes is 1. The van der Waals surface area contributed by atoms with Gasteiger partial charge in [0.15, 0.2) is 0 Å². The van der Waals surface area contributed by atoms with Crippen molar-refractivity contribution >= 4 is 36.6 Å². The molecule has 2 aliphatic carbocycles. The maximum atomic E-state index is 14.2. The van der Waals surface area contributed by atoms with Crippen LogP contribution in [0.2, 0.25) is 0 Å². The molecule has 4 N–H and O–H groups in total. The summed E-state index contributed by atoms with van der Waals surface area (Å²) in [6.07, 6.45) is 7.62. The molecule has 2 saturated carbocycles. The van der Waals surface area contributed by atoms with Crippen LogP contribution in [0.3, 0.4) is 0 Å². The average molecular weight is 813 g/mol. The molecule has 2 unspecified atom stereocenters. The summed E-state index contributed by atoms with van der Waals surface area (Å²) in [7, 11) is -4.08. The van der Waals surface area contributed by atoms with Gasteiger partial charge in [-0.25, -0.2) is 18.6 Å². The second-order valence-corrected chi connectivity index (χ2v) is 18.4. The number of unbranched alkanes of at least 4 members (excludes halogenated alkanes) is 4. The highest BCUT2D eigenvalue weighted by Crippen LogP contribution is 2.70. The summed E-state index contributed by atoms with van der Waals surface area (Å²) < 4.78 is 59.3. The van der Waals surface area contributed by atoms with E-state index in [2.05, 4.69) is 10.3 Å². The first kappa shape index (κ1) is 42.5. The number of alkyl carbamates (subject to hydrolysis) is 1. The van der Waals surface area contributed by atoms with Crippen LogP contribution in [-0.4, -0.2) is 75.8 Å². The number of likely N-dealkylation sites (tertiary alicyclic amines) is 1. The highest BCUT2D eigenvalue weighted by Gasteiger charge is 2.62. The minimum atomic E-state index is -4.08. The second-order valence-electron chi connectivity index (χ2n) is 15.8. The topological polar surface area (TPSA) is 170 Å². The van der Waals surface area contributed by atoms with Crippen molar-refractivity contribution in [1.82, 2.24) is 15.2 Å². The van der Waals surface area contributed by atoms with E-state index in [1.165, 1.54) is 11.0 Å². The number of amides is 2. The number of nitrogens with two attached hydrogens (primary N) is 1. The first-order chi connectivity index (χ1) is 27.3. The van der Waals surface area contributed by atoms with E-state index in [-0.39, 0.29) is 30.9 Å². The van der Waals surface area contributed by atoms with Crippen LogP contribution in [0.25, 0.3) is 10.9 Å². The van der Waals surface area contributed by atoms with E-state index in [9.17, 15) is 32.6 Å². The number of hydrogen-bond acceptors (Lipinski definition) is 9. The van der Waals surface area contributed by atoms with Crippen molar-refractivity contribution in [2.45, 2.75) is 133 Å². The Bertz CT molecular complexity index is 1940. The third-order valence-corrected chi connectivity index (χ3v) is 14.3. The molecule has 12 nitrogen and oxygen atoms in total. The molecule has 2 amide bonds. The zero-order valence-corrected chi connectivity index (χ0v) is 33.7. The molecule has 0 radical (unpaired) electrons. The van der Waals surface area contributed by atoms with Crippen molar-refractivity contribution in [2.75, 3.05) is 13.2 Å². The third kappa shape index (κ3) is 10.1. The quantitative estimate of drug-likeness (QED) is 0.0620. The molecule has 1 saturated heterocycles. The smallest absolute Gasteiger partial charge is 0.408 e. The lowest BCUT2D eigenvalue weighted by Crippen LogP contribution is -2.51. The van der Waals surface area contributed by atoms with Gasteiger partial charge in [-0.05, 0) is 88.5 Å². The molecule has 310 valence electrons. The Labute approximate surface area is 332 Å². The zero-order valence-electron chi connectivity index (χ0n) is 32.8. The van der Waals surface area contributed by atoms with Gasteiger partial charge < -0.3 is 39.8 Å². The number of aromatic nitrogens is 1. The summed E-state index contributed by atoms with van der Waals surface area (Å²) in [6, 6.07) is 9.21. The summed E-state index contributed by atoms with van der Waals surface area (Å²) >= 11 is 0. The molecule has 0 spiro atoms. The van der Waals surface area contributed by atoms with Gasteiger partial charge in [-0.3, -0.25) is 9.36 Å². The Morgan fingerprint density at radius 2 is 1.79 bits per heavy atom. The lowest BCUT2D eigenvalue weighted by atomic mass is 10.0. The number of nitrogens with one attached hydrogen (secondary N) is 1. The lowest BCUT2D eigenvalue weighted by molar-refractivity contribution is -0.136. The number of rotatable bonds is 19. The van der Waals surface area contributed by atoms with Crippen LogP contribution in [0.15, 0.2) is 42.5 Å². The normalized spacial score (nSPS) is 23.5. The fourth-order valence-corrected chi connectivity index (χ4v) is 10.6. The van der Waals surface area contributed by atoms with Crippen molar-refractivity contribution < 1.29 is 46.8 Å². The maximum Gasteiger partial charge on any atom is 0.408 e. The first-order valence-electron chi connectivity index (χ1n) is 20.3. The van der Waals surface area contributed by atoms with Gasteiger partial charge in [-0.2, -0.15) is 0 Å². The minimum absolute atomic E-state index is 0.150. The summed E-state index contributed by atoms with van der Waals surface area (Å²) in [5, 5.41) is 2.25. The van der Waals surface area contributed by atoms with E-state index >= 15 is 0 Å². The van der Waals surface area contributed by atoms with Gasteiger partial charge >= 0.3 is 6.09 Å². The molecule has 3 aromatic rings. The molecule has 3 aliphatic rings. The summed E-state index contributed by atoms with van der Waals surface area (Å²) in [4.78, 5) is 56.4. The van der Waals surface area contributed by atoms with E-state index in [0.717, 1.165) is 86.3 Å². The van der Waals surface area contributed by atoms with E-state index in [1.54, 1.807) is 6.07 Å². The van der Waals surface area contributed by atoms with Crippen LogP contribution in [0.4, 0.5) is 13.6 Å². The molecule has 15 heteroatoms. The first-order valence-corrected chi connectivity index (χ1v) is 22.1. The number of hydrogen-bond donors (Lipinski definition) is 3. The van der Waals surface area contributed by atoms with Crippen LogP contribution in [0.1, 0.15) is 102 Å². The fourth-order valence-electron chi connectivity index (χ4n) is 8.35. The molecule has 2 aromatic carbocycles. The summed E-state index contributed by atoms with van der Waals surface area (Å²) in [5.74, 6) is -1.34. The van der Waals surface area contributed by atoms with E-state index in [1.807, 2.05) is 32.0 Å². The zero-order chi connectivity index (χ0) is 40.7. The van der Waals surface area contributed by atoms with Crippen LogP contribution < -0.4 is 20.5 Å². The number of para-hydroxylation sites is 1. The van der Waals surface area contributed by atoms with Crippen molar-refractivity contribution in [3.8, 4) is 11.6 Å². The van der Waals surface area contributed by atoms with Gasteiger partial charge in [0.05, 0.1) is 36.2 Å². The predicted molar refractivity (Wildman–Crippen MR) is 211 cm³/mol. The number of nitrogens with zero attached hydrogens (tertiary/aromatic N) is 2. The number of benzene rings is 2. The molecule has 6 rings (SSSR count). The van der Waals surface area contributed by atoms with Crippen molar-refractivity contribution in [2.24, 2.45) is 11.7 Å². The van der Waals surface area contributed by atoms with Crippen molar-refractivity contribution in [3.05, 3.63) is 65.2 Å². The van der Waals surface area contributed by atoms with Gasteiger partial charge in [-0.1, -0.05) is 50.3 Å². The van der Waals surface area contributed by atoms with Gasteiger partial charge in [0.2, 0.25) is 19.2 Å². The predicted octanol–water partition coefficient (Wildman–Crippen LogP) is 7.68. The molecule has 0 bridgehead atoms. The van der Waals surface area contributed by atoms with Crippen LogP contribution >= 0.6 is 7.37 Å². The molecule has 6 atom stereocenters. The van der Waals surface area contributed by atoms with Crippen molar-refractivity contribution in [1.29, 1.82) is 0 Å². The van der Waals surface area contributed by atoms with Crippen molar-refractivity contribution in [3.63, 3.8) is 0 Å². The van der Waals surface area contributed by atoms with Crippen LogP contribution in [0.5, 0.6) is 11.6 Å². The number of carbonyl (C=O) groups is 3. The highest BCUT2D eigenvalue weighted by atomic mass is 31.2.